The minimum atomic E-state index is -0.136. The number of rotatable bonds is 2. The largest absolute Gasteiger partial charge is 0.347 e. The van der Waals surface area contributed by atoms with Crippen LogP contribution in [0.15, 0.2) is 36.5 Å². The summed E-state index contributed by atoms with van der Waals surface area (Å²) in [5, 5.41) is 3.46. The maximum Gasteiger partial charge on any atom is 0.272 e. The molecule has 1 amide bonds. The number of aryl methyl sites for hydroxylation is 2. The van der Waals surface area contributed by atoms with E-state index in [-0.39, 0.29) is 5.91 Å². The lowest BCUT2D eigenvalue weighted by atomic mass is 10.2. The molecule has 17 heavy (non-hydrogen) atoms. The Morgan fingerprint density at radius 3 is 2.76 bits per heavy atom. The average Bonchev–Trinajstić information content (AvgIpc) is 2.70. The van der Waals surface area contributed by atoms with Crippen molar-refractivity contribution >= 4 is 23.2 Å². The summed E-state index contributed by atoms with van der Waals surface area (Å²) in [6, 6.07) is 9.03. The number of hydrogen-bond acceptors (Lipinski definition) is 1. The number of carbonyl (C=O) groups excluding carboxylic acids is 1. The molecule has 0 bridgehead atoms. The molecule has 4 heteroatoms. The van der Waals surface area contributed by atoms with Gasteiger partial charge in [0.15, 0.2) is 0 Å². The number of aromatic nitrogens is 1. The minimum Gasteiger partial charge on any atom is -0.347 e. The van der Waals surface area contributed by atoms with Gasteiger partial charge in [-0.25, -0.2) is 0 Å². The molecule has 0 spiro atoms. The van der Waals surface area contributed by atoms with Gasteiger partial charge in [0, 0.05) is 24.0 Å². The standard InChI is InChI=1S/C13H13ClN2O/c1-9-5-6-10(14)8-11(9)15-13(17)12-4-3-7-16(12)2/h3-8H,1-2H3,(H,15,17). The fourth-order valence-electron chi connectivity index (χ4n) is 1.61. The Hall–Kier alpha value is -1.74. The maximum atomic E-state index is 12.0. The Morgan fingerprint density at radius 2 is 2.12 bits per heavy atom. The summed E-state index contributed by atoms with van der Waals surface area (Å²) in [5.74, 6) is -0.136. The molecular formula is C13H13ClN2O. The summed E-state index contributed by atoms with van der Waals surface area (Å²) in [5.41, 5.74) is 2.34. The van der Waals surface area contributed by atoms with Crippen LogP contribution < -0.4 is 5.32 Å². The number of halogens is 1. The average molecular weight is 249 g/mol. The third-order valence-electron chi connectivity index (χ3n) is 2.62. The molecule has 1 aromatic heterocycles. The van der Waals surface area contributed by atoms with Crippen LogP contribution >= 0.6 is 11.6 Å². The molecule has 0 aliphatic rings. The number of amides is 1. The normalized spacial score (nSPS) is 10.3. The molecule has 88 valence electrons. The molecule has 0 atom stereocenters. The van der Waals surface area contributed by atoms with E-state index in [9.17, 15) is 4.79 Å². The molecular weight excluding hydrogens is 236 g/mol. The fourth-order valence-corrected chi connectivity index (χ4v) is 1.78. The Labute approximate surface area is 105 Å². The zero-order valence-electron chi connectivity index (χ0n) is 9.70. The van der Waals surface area contributed by atoms with Crippen molar-refractivity contribution in [1.29, 1.82) is 0 Å². The number of anilines is 1. The van der Waals surface area contributed by atoms with E-state index < -0.39 is 0 Å². The number of nitrogens with one attached hydrogen (secondary N) is 1. The molecule has 2 aromatic rings. The third-order valence-corrected chi connectivity index (χ3v) is 2.86. The van der Waals surface area contributed by atoms with E-state index >= 15 is 0 Å². The molecule has 0 fully saturated rings. The second kappa shape index (κ2) is 4.63. The van der Waals surface area contributed by atoms with Crippen LogP contribution in [0.5, 0.6) is 0 Å². The number of benzene rings is 1. The number of nitrogens with zero attached hydrogens (tertiary/aromatic N) is 1. The molecule has 3 nitrogen and oxygen atoms in total. The van der Waals surface area contributed by atoms with Gasteiger partial charge < -0.3 is 9.88 Å². The van der Waals surface area contributed by atoms with E-state index in [2.05, 4.69) is 5.32 Å². The minimum absolute atomic E-state index is 0.136. The summed E-state index contributed by atoms with van der Waals surface area (Å²) in [4.78, 5) is 12.0. The summed E-state index contributed by atoms with van der Waals surface area (Å²) in [6.45, 7) is 1.93. The van der Waals surface area contributed by atoms with Crippen LogP contribution in [0.4, 0.5) is 5.69 Å². The SMILES string of the molecule is Cc1ccc(Cl)cc1NC(=O)c1cccn1C. The van der Waals surface area contributed by atoms with Crippen LogP contribution in [-0.2, 0) is 7.05 Å². The van der Waals surface area contributed by atoms with Crippen LogP contribution in [0.25, 0.3) is 0 Å². The van der Waals surface area contributed by atoms with E-state index in [0.717, 1.165) is 11.3 Å². The molecule has 0 radical (unpaired) electrons. The smallest absolute Gasteiger partial charge is 0.272 e. The van der Waals surface area contributed by atoms with Gasteiger partial charge in [0.05, 0.1) is 0 Å². The van der Waals surface area contributed by atoms with E-state index in [0.29, 0.717) is 10.7 Å². The van der Waals surface area contributed by atoms with E-state index in [1.54, 1.807) is 22.8 Å². The second-order valence-corrected chi connectivity index (χ2v) is 4.35. The van der Waals surface area contributed by atoms with Crippen LogP contribution in [-0.4, -0.2) is 10.5 Å². The summed E-state index contributed by atoms with van der Waals surface area (Å²) in [6.07, 6.45) is 1.83. The van der Waals surface area contributed by atoms with Gasteiger partial charge in [0.2, 0.25) is 0 Å². The molecule has 0 aliphatic heterocycles. The van der Waals surface area contributed by atoms with Crippen molar-refractivity contribution in [2.24, 2.45) is 7.05 Å². The lowest BCUT2D eigenvalue weighted by Crippen LogP contribution is -2.15. The van der Waals surface area contributed by atoms with Crippen molar-refractivity contribution in [2.75, 3.05) is 5.32 Å². The predicted octanol–water partition coefficient (Wildman–Crippen LogP) is 3.24. The van der Waals surface area contributed by atoms with Crippen molar-refractivity contribution < 1.29 is 4.79 Å². The molecule has 0 aliphatic carbocycles. The van der Waals surface area contributed by atoms with Crippen molar-refractivity contribution in [2.45, 2.75) is 6.92 Å². The Bertz CT molecular complexity index is 560. The Morgan fingerprint density at radius 1 is 1.35 bits per heavy atom. The summed E-state index contributed by atoms with van der Waals surface area (Å²) < 4.78 is 1.77. The highest BCUT2D eigenvalue weighted by molar-refractivity contribution is 6.31. The Kier molecular flexibility index (Phi) is 3.20. The van der Waals surface area contributed by atoms with Gasteiger partial charge >= 0.3 is 0 Å². The van der Waals surface area contributed by atoms with Crippen LogP contribution in [0.3, 0.4) is 0 Å². The van der Waals surface area contributed by atoms with Crippen LogP contribution in [0, 0.1) is 6.92 Å². The van der Waals surface area contributed by atoms with Crippen LogP contribution in [0.2, 0.25) is 5.02 Å². The lowest BCUT2D eigenvalue weighted by Gasteiger charge is -2.09. The highest BCUT2D eigenvalue weighted by atomic mass is 35.5. The third kappa shape index (κ3) is 2.50. The number of hydrogen-bond donors (Lipinski definition) is 1. The van der Waals surface area contributed by atoms with Gasteiger partial charge in [0.25, 0.3) is 5.91 Å². The zero-order chi connectivity index (χ0) is 12.4. The first-order chi connectivity index (χ1) is 8.08. The second-order valence-electron chi connectivity index (χ2n) is 3.92. The highest BCUT2D eigenvalue weighted by Gasteiger charge is 2.10. The molecule has 0 unspecified atom stereocenters. The van der Waals surface area contributed by atoms with Gasteiger partial charge in [-0.05, 0) is 36.8 Å². The molecule has 1 aromatic carbocycles. The first-order valence-electron chi connectivity index (χ1n) is 5.27. The van der Waals surface area contributed by atoms with Crippen molar-refractivity contribution in [3.63, 3.8) is 0 Å². The van der Waals surface area contributed by atoms with E-state index in [1.165, 1.54) is 0 Å². The van der Waals surface area contributed by atoms with Gasteiger partial charge in [-0.3, -0.25) is 4.79 Å². The molecule has 2 rings (SSSR count). The fraction of sp³-hybridized carbons (Fsp3) is 0.154. The molecule has 0 saturated carbocycles. The summed E-state index contributed by atoms with van der Waals surface area (Å²) >= 11 is 5.90. The first kappa shape index (κ1) is 11.7. The number of carbonyl (C=O) groups is 1. The van der Waals surface area contributed by atoms with E-state index in [4.69, 9.17) is 11.6 Å². The highest BCUT2D eigenvalue weighted by Crippen LogP contribution is 2.20. The first-order valence-corrected chi connectivity index (χ1v) is 5.64. The van der Waals surface area contributed by atoms with Gasteiger partial charge in [-0.1, -0.05) is 17.7 Å². The predicted molar refractivity (Wildman–Crippen MR) is 69.6 cm³/mol. The van der Waals surface area contributed by atoms with Crippen molar-refractivity contribution in [1.82, 2.24) is 4.57 Å². The molecule has 1 heterocycles. The van der Waals surface area contributed by atoms with E-state index in [1.807, 2.05) is 32.3 Å². The van der Waals surface area contributed by atoms with Crippen LogP contribution in [0.1, 0.15) is 16.1 Å². The Balaban J connectivity index is 2.24. The monoisotopic (exact) mass is 248 g/mol. The zero-order valence-corrected chi connectivity index (χ0v) is 10.5. The quantitative estimate of drug-likeness (QED) is 0.870. The lowest BCUT2D eigenvalue weighted by molar-refractivity contribution is 0.101. The van der Waals surface area contributed by atoms with Gasteiger partial charge in [0.1, 0.15) is 5.69 Å². The van der Waals surface area contributed by atoms with Gasteiger partial charge in [-0.2, -0.15) is 0 Å². The molecule has 1 N–H and O–H groups in total. The maximum absolute atomic E-state index is 12.0. The molecule has 0 saturated heterocycles. The topological polar surface area (TPSA) is 34.0 Å². The van der Waals surface area contributed by atoms with Crippen molar-refractivity contribution in [3.05, 3.63) is 52.8 Å². The van der Waals surface area contributed by atoms with Crippen molar-refractivity contribution in [3.8, 4) is 0 Å². The van der Waals surface area contributed by atoms with Gasteiger partial charge in [-0.15, -0.1) is 0 Å². The summed E-state index contributed by atoms with van der Waals surface area (Å²) in [7, 11) is 1.83.